The average Bonchev–Trinajstić information content (AvgIpc) is 3.45. The second-order valence-electron chi connectivity index (χ2n) is 7.50. The van der Waals surface area contributed by atoms with E-state index in [2.05, 4.69) is 5.16 Å². The molecule has 2 aromatic carbocycles. The van der Waals surface area contributed by atoms with Gasteiger partial charge in [-0.2, -0.15) is 0 Å². The number of ether oxygens (including phenoxy) is 1. The molecule has 0 spiro atoms. The summed E-state index contributed by atoms with van der Waals surface area (Å²) in [5.41, 5.74) is 3.21. The molecule has 2 N–H and O–H groups in total. The number of ketones is 1. The Morgan fingerprint density at radius 1 is 1.10 bits per heavy atom. The van der Waals surface area contributed by atoms with Gasteiger partial charge in [-0.3, -0.25) is 9.36 Å². The van der Waals surface area contributed by atoms with E-state index in [0.29, 0.717) is 28.4 Å². The lowest BCUT2D eigenvalue weighted by Crippen LogP contribution is -2.06. The van der Waals surface area contributed by atoms with E-state index in [4.69, 9.17) is 9.26 Å². The molecule has 7 heteroatoms. The quantitative estimate of drug-likeness (QED) is 0.438. The number of hydrogen-bond acceptors (Lipinski definition) is 6. The van der Waals surface area contributed by atoms with Gasteiger partial charge in [0, 0.05) is 28.8 Å². The molecular weight excluding hydrogens is 396 g/mol. The number of carbonyl (C=O) groups is 1. The molecule has 31 heavy (non-hydrogen) atoms. The van der Waals surface area contributed by atoms with Gasteiger partial charge in [0.25, 0.3) is 0 Å². The van der Waals surface area contributed by atoms with Crippen molar-refractivity contribution in [2.45, 2.75) is 12.8 Å². The molecule has 2 aromatic heterocycles. The fourth-order valence-electron chi connectivity index (χ4n) is 3.82. The van der Waals surface area contributed by atoms with E-state index < -0.39 is 5.75 Å². The molecule has 156 valence electrons. The van der Waals surface area contributed by atoms with Crippen LogP contribution >= 0.6 is 0 Å². The Morgan fingerprint density at radius 3 is 2.48 bits per heavy atom. The summed E-state index contributed by atoms with van der Waals surface area (Å²) in [6.07, 6.45) is 3.05. The first kappa shape index (κ1) is 19.0. The van der Waals surface area contributed by atoms with Crippen molar-refractivity contribution in [3.63, 3.8) is 0 Å². The van der Waals surface area contributed by atoms with E-state index in [1.54, 1.807) is 37.4 Å². The molecule has 1 saturated carbocycles. The number of benzene rings is 2. The summed E-state index contributed by atoms with van der Waals surface area (Å²) in [5.74, 6) is -0.585. The lowest BCUT2D eigenvalue weighted by atomic mass is 10.0. The molecule has 4 aromatic rings. The van der Waals surface area contributed by atoms with Crippen molar-refractivity contribution >= 4 is 5.78 Å². The largest absolute Gasteiger partial charge is 0.503 e. The summed E-state index contributed by atoms with van der Waals surface area (Å²) in [6.45, 7) is 0. The molecule has 1 aliphatic carbocycles. The predicted octanol–water partition coefficient (Wildman–Crippen LogP) is 4.81. The van der Waals surface area contributed by atoms with E-state index in [1.807, 2.05) is 24.3 Å². The van der Waals surface area contributed by atoms with Gasteiger partial charge in [0.15, 0.2) is 11.5 Å². The van der Waals surface area contributed by atoms with E-state index >= 15 is 0 Å². The molecule has 0 amide bonds. The molecule has 0 atom stereocenters. The molecule has 1 aliphatic rings. The Kier molecular flexibility index (Phi) is 4.51. The second kappa shape index (κ2) is 7.36. The van der Waals surface area contributed by atoms with Crippen molar-refractivity contribution < 1.29 is 24.3 Å². The Labute approximate surface area is 178 Å². The van der Waals surface area contributed by atoms with Gasteiger partial charge in [-0.1, -0.05) is 29.4 Å². The van der Waals surface area contributed by atoms with E-state index in [9.17, 15) is 15.0 Å². The van der Waals surface area contributed by atoms with Crippen LogP contribution in [0.2, 0.25) is 0 Å². The zero-order valence-corrected chi connectivity index (χ0v) is 16.8. The van der Waals surface area contributed by atoms with Crippen molar-refractivity contribution in [2.75, 3.05) is 7.11 Å². The lowest BCUT2D eigenvalue weighted by molar-refractivity contribution is 0.0965. The van der Waals surface area contributed by atoms with Crippen LogP contribution in [0.15, 0.2) is 65.4 Å². The summed E-state index contributed by atoms with van der Waals surface area (Å²) >= 11 is 0. The Hall–Kier alpha value is -4.00. The summed E-state index contributed by atoms with van der Waals surface area (Å²) in [5, 5.41) is 25.6. The molecule has 5 rings (SSSR count). The van der Waals surface area contributed by atoms with Crippen LogP contribution in [0.25, 0.3) is 28.2 Å². The second-order valence-corrected chi connectivity index (χ2v) is 7.50. The van der Waals surface area contributed by atoms with E-state index in [-0.39, 0.29) is 23.1 Å². The van der Waals surface area contributed by atoms with Gasteiger partial charge in [0.1, 0.15) is 17.7 Å². The smallest absolute Gasteiger partial charge is 0.240 e. The van der Waals surface area contributed by atoms with Gasteiger partial charge < -0.3 is 19.5 Å². The minimum atomic E-state index is -0.418. The van der Waals surface area contributed by atoms with E-state index in [1.165, 1.54) is 10.8 Å². The molecule has 2 heterocycles. The number of para-hydroxylation sites is 1. The van der Waals surface area contributed by atoms with Gasteiger partial charge >= 0.3 is 0 Å². The normalized spacial score (nSPS) is 13.3. The predicted molar refractivity (Wildman–Crippen MR) is 114 cm³/mol. The van der Waals surface area contributed by atoms with Crippen LogP contribution in [0.3, 0.4) is 0 Å². The maximum atomic E-state index is 13.1. The van der Waals surface area contributed by atoms with Crippen molar-refractivity contribution in [3.8, 4) is 45.6 Å². The van der Waals surface area contributed by atoms with Crippen molar-refractivity contribution in [1.29, 1.82) is 0 Å². The minimum absolute atomic E-state index is 0.116. The lowest BCUT2D eigenvalue weighted by Gasteiger charge is -2.15. The topological polar surface area (TPSA) is 97.7 Å². The number of hydrogen-bond donors (Lipinski definition) is 2. The molecule has 7 nitrogen and oxygen atoms in total. The number of rotatable bonds is 6. The zero-order chi connectivity index (χ0) is 21.5. The first-order chi connectivity index (χ1) is 15.1. The van der Waals surface area contributed by atoms with Crippen LogP contribution in [0.1, 0.15) is 23.2 Å². The summed E-state index contributed by atoms with van der Waals surface area (Å²) in [6, 6.07) is 16.2. The highest BCUT2D eigenvalue weighted by molar-refractivity contribution is 6.08. The number of aromatic hydroxyl groups is 2. The Morgan fingerprint density at radius 2 is 1.84 bits per heavy atom. The first-order valence-electron chi connectivity index (χ1n) is 9.95. The van der Waals surface area contributed by atoms with Crippen LogP contribution in [-0.4, -0.2) is 32.8 Å². The standard InChI is InChI=1S/C24H20N2O5/c1-30-19-5-3-2-4-17(19)21-20(22(27)15-6-7-15)23(28)24(29)26(21)16-10-8-14(9-11-16)18-12-13-31-25-18/h2-5,8-13,15,28-29H,6-7H2,1H3. The zero-order valence-electron chi connectivity index (χ0n) is 16.8. The first-order valence-corrected chi connectivity index (χ1v) is 9.95. The highest BCUT2D eigenvalue weighted by Crippen LogP contribution is 2.48. The third-order valence-electron chi connectivity index (χ3n) is 5.54. The molecule has 0 saturated heterocycles. The van der Waals surface area contributed by atoms with Crippen LogP contribution in [-0.2, 0) is 0 Å². The van der Waals surface area contributed by atoms with Crippen LogP contribution in [0, 0.1) is 5.92 Å². The third-order valence-corrected chi connectivity index (χ3v) is 5.54. The monoisotopic (exact) mass is 416 g/mol. The van der Waals surface area contributed by atoms with Crippen LogP contribution < -0.4 is 4.74 Å². The highest BCUT2D eigenvalue weighted by atomic mass is 16.5. The summed E-state index contributed by atoms with van der Waals surface area (Å²) in [7, 11) is 1.54. The van der Waals surface area contributed by atoms with Gasteiger partial charge in [0.2, 0.25) is 5.88 Å². The Balaban J connectivity index is 1.73. The molecule has 0 bridgehead atoms. The summed E-state index contributed by atoms with van der Waals surface area (Å²) < 4.78 is 11.9. The number of nitrogens with zero attached hydrogens (tertiary/aromatic N) is 2. The van der Waals surface area contributed by atoms with Gasteiger partial charge in [0.05, 0.1) is 18.4 Å². The molecule has 1 fully saturated rings. The molecule has 0 radical (unpaired) electrons. The maximum absolute atomic E-state index is 13.1. The van der Waals surface area contributed by atoms with Gasteiger partial charge in [-0.05, 0) is 37.1 Å². The van der Waals surface area contributed by atoms with Crippen molar-refractivity contribution in [3.05, 3.63) is 66.4 Å². The van der Waals surface area contributed by atoms with Gasteiger partial charge in [-0.25, -0.2) is 0 Å². The fraction of sp³-hybridized carbons (Fsp3) is 0.167. The van der Waals surface area contributed by atoms with Crippen molar-refractivity contribution in [1.82, 2.24) is 9.72 Å². The Bertz CT molecular complexity index is 1250. The third kappa shape index (κ3) is 3.15. The molecule has 0 unspecified atom stereocenters. The number of methoxy groups -OCH3 is 1. The van der Waals surface area contributed by atoms with E-state index in [0.717, 1.165) is 18.4 Å². The maximum Gasteiger partial charge on any atom is 0.240 e. The number of aromatic nitrogens is 2. The summed E-state index contributed by atoms with van der Waals surface area (Å²) in [4.78, 5) is 13.1. The molecule has 0 aliphatic heterocycles. The SMILES string of the molecule is COc1ccccc1-c1c(C(=O)C2CC2)c(O)c(O)n1-c1ccc(-c2ccon2)cc1. The van der Waals surface area contributed by atoms with Crippen molar-refractivity contribution in [2.24, 2.45) is 5.92 Å². The van der Waals surface area contributed by atoms with Gasteiger partial charge in [-0.15, -0.1) is 0 Å². The van der Waals surface area contributed by atoms with Crippen LogP contribution in [0.4, 0.5) is 0 Å². The van der Waals surface area contributed by atoms with Crippen LogP contribution in [0.5, 0.6) is 17.4 Å². The highest BCUT2D eigenvalue weighted by Gasteiger charge is 2.38. The average molecular weight is 416 g/mol. The fourth-order valence-corrected chi connectivity index (χ4v) is 3.82. The minimum Gasteiger partial charge on any atom is -0.503 e. The molecular formula is C24H20N2O5. The number of carbonyl (C=O) groups excluding carboxylic acids is 1. The number of Topliss-reactive ketones (excluding diaryl/α,β-unsaturated/α-hetero) is 1.